The van der Waals surface area contributed by atoms with Gasteiger partial charge in [-0.3, -0.25) is 14.5 Å². The number of hydrogen-bond donors (Lipinski definition) is 1. The van der Waals surface area contributed by atoms with Gasteiger partial charge >= 0.3 is 0 Å². The number of aromatic nitrogens is 3. The zero-order valence-electron chi connectivity index (χ0n) is 15.9. The van der Waals surface area contributed by atoms with Gasteiger partial charge in [0.25, 0.3) is 0 Å². The van der Waals surface area contributed by atoms with E-state index in [0.717, 1.165) is 22.5 Å². The number of benzene rings is 2. The predicted molar refractivity (Wildman–Crippen MR) is 113 cm³/mol. The van der Waals surface area contributed by atoms with E-state index in [1.54, 1.807) is 36.3 Å². The molecule has 0 unspecified atom stereocenters. The van der Waals surface area contributed by atoms with Gasteiger partial charge in [-0.25, -0.2) is 0 Å². The molecule has 2 heterocycles. The van der Waals surface area contributed by atoms with Gasteiger partial charge in [0.1, 0.15) is 12.3 Å². The zero-order chi connectivity index (χ0) is 20.1. The first-order valence-corrected chi connectivity index (χ1v) is 9.21. The summed E-state index contributed by atoms with van der Waals surface area (Å²) in [6, 6.07) is 23.1. The minimum Gasteiger partial charge on any atom is -0.495 e. The Hall–Kier alpha value is -3.93. The van der Waals surface area contributed by atoms with Crippen LogP contribution >= 0.6 is 0 Å². The Balaban J connectivity index is 1.48. The third-order valence-corrected chi connectivity index (χ3v) is 4.45. The SMILES string of the molecule is COc1ccccc1NC(=O)Cn1ccc(-c2cccc(-c3ccccn3)c2)n1. The van der Waals surface area contributed by atoms with Gasteiger partial charge in [0.2, 0.25) is 5.91 Å². The molecule has 0 bridgehead atoms. The molecule has 2 aromatic heterocycles. The van der Waals surface area contributed by atoms with Crippen molar-refractivity contribution in [3.05, 3.63) is 85.2 Å². The molecule has 0 aliphatic heterocycles. The van der Waals surface area contributed by atoms with E-state index in [-0.39, 0.29) is 12.5 Å². The molecule has 1 amide bonds. The highest BCUT2D eigenvalue weighted by molar-refractivity contribution is 5.92. The number of amides is 1. The van der Waals surface area contributed by atoms with E-state index in [9.17, 15) is 4.79 Å². The Morgan fingerprint density at radius 3 is 2.55 bits per heavy atom. The smallest absolute Gasteiger partial charge is 0.246 e. The topological polar surface area (TPSA) is 69.0 Å². The van der Waals surface area contributed by atoms with Crippen LogP contribution in [0.5, 0.6) is 5.75 Å². The van der Waals surface area contributed by atoms with E-state index in [4.69, 9.17) is 4.74 Å². The van der Waals surface area contributed by atoms with Crippen molar-refractivity contribution in [2.24, 2.45) is 0 Å². The molecule has 4 aromatic rings. The first-order valence-electron chi connectivity index (χ1n) is 9.21. The van der Waals surface area contributed by atoms with E-state index < -0.39 is 0 Å². The van der Waals surface area contributed by atoms with Gasteiger partial charge in [-0.1, -0.05) is 36.4 Å². The third kappa shape index (κ3) is 4.32. The summed E-state index contributed by atoms with van der Waals surface area (Å²) in [5.41, 5.74) is 4.33. The standard InChI is InChI=1S/C23H20N4O2/c1-29-22-11-3-2-10-21(22)25-23(28)16-27-14-12-20(26-27)18-8-6-7-17(15-18)19-9-4-5-13-24-19/h2-15H,16H2,1H3,(H,25,28). The van der Waals surface area contributed by atoms with Crippen molar-refractivity contribution in [1.29, 1.82) is 0 Å². The second-order valence-electron chi connectivity index (χ2n) is 6.44. The fourth-order valence-corrected chi connectivity index (χ4v) is 3.06. The average Bonchev–Trinajstić information content (AvgIpc) is 3.23. The largest absolute Gasteiger partial charge is 0.495 e. The van der Waals surface area contributed by atoms with Crippen LogP contribution in [-0.4, -0.2) is 27.8 Å². The Kier molecular flexibility index (Phi) is 5.33. The maximum absolute atomic E-state index is 12.4. The molecule has 0 fully saturated rings. The number of carbonyl (C=O) groups excluding carboxylic acids is 1. The lowest BCUT2D eigenvalue weighted by Crippen LogP contribution is -2.19. The first kappa shape index (κ1) is 18.4. The van der Waals surface area contributed by atoms with Crippen LogP contribution in [0.2, 0.25) is 0 Å². The molecule has 0 atom stereocenters. The van der Waals surface area contributed by atoms with E-state index in [1.165, 1.54) is 0 Å². The molecule has 0 aliphatic carbocycles. The monoisotopic (exact) mass is 384 g/mol. The number of anilines is 1. The number of carbonyl (C=O) groups is 1. The van der Waals surface area contributed by atoms with Crippen molar-refractivity contribution >= 4 is 11.6 Å². The molecule has 2 aromatic carbocycles. The van der Waals surface area contributed by atoms with Gasteiger partial charge in [0, 0.05) is 23.5 Å². The van der Waals surface area contributed by atoms with E-state index in [2.05, 4.69) is 15.4 Å². The van der Waals surface area contributed by atoms with Gasteiger partial charge < -0.3 is 10.1 Å². The normalized spacial score (nSPS) is 10.5. The fraction of sp³-hybridized carbons (Fsp3) is 0.0870. The van der Waals surface area contributed by atoms with Crippen molar-refractivity contribution < 1.29 is 9.53 Å². The van der Waals surface area contributed by atoms with Crippen molar-refractivity contribution in [3.8, 4) is 28.3 Å². The number of nitrogens with one attached hydrogen (secondary N) is 1. The number of methoxy groups -OCH3 is 1. The van der Waals surface area contributed by atoms with Crippen LogP contribution < -0.4 is 10.1 Å². The van der Waals surface area contributed by atoms with Gasteiger partial charge in [0.15, 0.2) is 0 Å². The number of hydrogen-bond acceptors (Lipinski definition) is 4. The maximum atomic E-state index is 12.4. The van der Waals surface area contributed by atoms with Crippen molar-refractivity contribution in [3.63, 3.8) is 0 Å². The Labute approximate surface area is 168 Å². The lowest BCUT2D eigenvalue weighted by molar-refractivity contribution is -0.116. The maximum Gasteiger partial charge on any atom is 0.246 e. The molecule has 0 radical (unpaired) electrons. The summed E-state index contributed by atoms with van der Waals surface area (Å²) in [4.78, 5) is 16.8. The molecule has 29 heavy (non-hydrogen) atoms. The van der Waals surface area contributed by atoms with Crippen molar-refractivity contribution in [2.45, 2.75) is 6.54 Å². The lowest BCUT2D eigenvalue weighted by atomic mass is 10.1. The minimum atomic E-state index is -0.175. The first-order chi connectivity index (χ1) is 14.2. The van der Waals surface area contributed by atoms with Gasteiger partial charge in [-0.05, 0) is 36.4 Å². The number of nitrogens with zero attached hydrogens (tertiary/aromatic N) is 3. The molecule has 6 nitrogen and oxygen atoms in total. The highest BCUT2D eigenvalue weighted by Gasteiger charge is 2.10. The van der Waals surface area contributed by atoms with E-state index >= 15 is 0 Å². The summed E-state index contributed by atoms with van der Waals surface area (Å²) in [7, 11) is 1.57. The highest BCUT2D eigenvalue weighted by Crippen LogP contribution is 2.25. The van der Waals surface area contributed by atoms with Gasteiger partial charge in [0.05, 0.1) is 24.2 Å². The van der Waals surface area contributed by atoms with Crippen LogP contribution in [0.3, 0.4) is 0 Å². The lowest BCUT2D eigenvalue weighted by Gasteiger charge is -2.09. The summed E-state index contributed by atoms with van der Waals surface area (Å²) in [6.45, 7) is 0.109. The van der Waals surface area contributed by atoms with Crippen LogP contribution in [0.4, 0.5) is 5.69 Å². The fourth-order valence-electron chi connectivity index (χ4n) is 3.06. The molecule has 0 spiro atoms. The molecule has 0 saturated carbocycles. The molecule has 1 N–H and O–H groups in total. The van der Waals surface area contributed by atoms with Crippen molar-refractivity contribution in [2.75, 3.05) is 12.4 Å². The molecule has 144 valence electrons. The zero-order valence-corrected chi connectivity index (χ0v) is 15.9. The van der Waals surface area contributed by atoms with Crippen LogP contribution in [0.25, 0.3) is 22.5 Å². The minimum absolute atomic E-state index is 0.109. The van der Waals surface area contributed by atoms with E-state index in [0.29, 0.717) is 11.4 Å². The Bertz CT molecular complexity index is 1120. The summed E-state index contributed by atoms with van der Waals surface area (Å²) in [5, 5.41) is 7.40. The summed E-state index contributed by atoms with van der Waals surface area (Å²) in [6.07, 6.45) is 3.57. The van der Waals surface area contributed by atoms with E-state index in [1.807, 2.05) is 60.7 Å². The highest BCUT2D eigenvalue weighted by atomic mass is 16.5. The van der Waals surface area contributed by atoms with Crippen LogP contribution in [0.1, 0.15) is 0 Å². The van der Waals surface area contributed by atoms with Crippen LogP contribution in [0.15, 0.2) is 85.2 Å². The Morgan fingerprint density at radius 1 is 0.966 bits per heavy atom. The summed E-state index contributed by atoms with van der Waals surface area (Å²) < 4.78 is 6.88. The number of para-hydroxylation sites is 2. The van der Waals surface area contributed by atoms with Crippen LogP contribution in [-0.2, 0) is 11.3 Å². The van der Waals surface area contributed by atoms with Gasteiger partial charge in [-0.2, -0.15) is 5.10 Å². The number of pyridine rings is 1. The average molecular weight is 384 g/mol. The Morgan fingerprint density at radius 2 is 1.76 bits per heavy atom. The second kappa shape index (κ2) is 8.39. The predicted octanol–water partition coefficient (Wildman–Crippen LogP) is 4.26. The summed E-state index contributed by atoms with van der Waals surface area (Å²) >= 11 is 0. The van der Waals surface area contributed by atoms with Gasteiger partial charge in [-0.15, -0.1) is 0 Å². The number of rotatable bonds is 6. The molecule has 6 heteroatoms. The second-order valence-corrected chi connectivity index (χ2v) is 6.44. The van der Waals surface area contributed by atoms with Crippen LogP contribution in [0, 0.1) is 0 Å². The third-order valence-electron chi connectivity index (χ3n) is 4.45. The molecule has 0 saturated heterocycles. The molecule has 0 aliphatic rings. The molecular formula is C23H20N4O2. The molecular weight excluding hydrogens is 364 g/mol. The number of ether oxygens (including phenoxy) is 1. The van der Waals surface area contributed by atoms with Crippen molar-refractivity contribution in [1.82, 2.24) is 14.8 Å². The quantitative estimate of drug-likeness (QED) is 0.539. The molecule has 4 rings (SSSR count). The summed E-state index contributed by atoms with van der Waals surface area (Å²) in [5.74, 6) is 0.444.